The van der Waals surface area contributed by atoms with Crippen LogP contribution in [-0.4, -0.2) is 9.91 Å². The average Bonchev–Trinajstić information content (AvgIpc) is 2.38. The molecule has 2 rings (SSSR count). The van der Waals surface area contributed by atoms with E-state index in [0.29, 0.717) is 27.4 Å². The second-order valence-electron chi connectivity index (χ2n) is 3.62. The number of alkyl halides is 1. The molecule has 0 aliphatic heterocycles. The monoisotopic (exact) mass is 342 g/mol. The maximum atomic E-state index is 10.8. The molecule has 1 heterocycles. The van der Waals surface area contributed by atoms with Crippen molar-refractivity contribution in [2.24, 2.45) is 0 Å². The van der Waals surface area contributed by atoms with Crippen molar-refractivity contribution in [3.05, 3.63) is 57.4 Å². The van der Waals surface area contributed by atoms with Crippen molar-refractivity contribution in [3.8, 4) is 11.5 Å². The molecule has 0 atom stereocenters. The first-order chi connectivity index (χ1) is 9.10. The zero-order chi connectivity index (χ0) is 13.8. The van der Waals surface area contributed by atoms with Gasteiger partial charge in [0.1, 0.15) is 11.5 Å². The minimum atomic E-state index is -0.429. The first kappa shape index (κ1) is 13.8. The minimum absolute atomic E-state index is 0.0495. The predicted octanol–water partition coefficient (Wildman–Crippen LogP) is 4.33. The van der Waals surface area contributed by atoms with Crippen molar-refractivity contribution < 1.29 is 9.66 Å². The Bertz CT molecular complexity index is 622. The van der Waals surface area contributed by atoms with Gasteiger partial charge in [-0.3, -0.25) is 15.1 Å². The van der Waals surface area contributed by atoms with E-state index >= 15 is 0 Å². The third-order valence-corrected chi connectivity index (χ3v) is 3.12. The van der Waals surface area contributed by atoms with Crippen LogP contribution in [0.1, 0.15) is 5.56 Å². The molecule has 0 aliphatic carbocycles. The molecule has 0 fully saturated rings. The molecule has 0 unspecified atom stereocenters. The molecule has 1 aromatic heterocycles. The van der Waals surface area contributed by atoms with E-state index in [4.69, 9.17) is 16.3 Å². The number of aromatic nitrogens is 1. The lowest BCUT2D eigenvalue weighted by molar-refractivity contribution is -0.385. The second kappa shape index (κ2) is 5.99. The van der Waals surface area contributed by atoms with E-state index in [1.807, 2.05) is 0 Å². The van der Waals surface area contributed by atoms with Crippen LogP contribution in [0.3, 0.4) is 0 Å². The van der Waals surface area contributed by atoms with Crippen LogP contribution in [0.5, 0.6) is 11.5 Å². The maximum absolute atomic E-state index is 10.8. The topological polar surface area (TPSA) is 65.3 Å². The van der Waals surface area contributed by atoms with E-state index in [1.165, 1.54) is 24.5 Å². The molecule has 98 valence electrons. The Morgan fingerprint density at radius 2 is 2.11 bits per heavy atom. The molecule has 2 aromatic rings. The first-order valence-electron chi connectivity index (χ1n) is 5.22. The van der Waals surface area contributed by atoms with E-state index in [9.17, 15) is 10.1 Å². The Balaban J connectivity index is 2.29. The van der Waals surface area contributed by atoms with Crippen LogP contribution in [0.15, 0.2) is 36.7 Å². The number of hydrogen-bond acceptors (Lipinski definition) is 4. The summed E-state index contributed by atoms with van der Waals surface area (Å²) in [7, 11) is 0. The maximum Gasteiger partial charge on any atom is 0.273 e. The third-order valence-electron chi connectivity index (χ3n) is 2.31. The summed E-state index contributed by atoms with van der Waals surface area (Å²) in [6.45, 7) is 0. The van der Waals surface area contributed by atoms with Gasteiger partial charge in [0, 0.05) is 29.2 Å². The predicted molar refractivity (Wildman–Crippen MR) is 75.0 cm³/mol. The van der Waals surface area contributed by atoms with Crippen LogP contribution in [-0.2, 0) is 5.33 Å². The zero-order valence-corrected chi connectivity index (χ0v) is 11.9. The molecule has 0 spiro atoms. The van der Waals surface area contributed by atoms with Gasteiger partial charge in [-0.2, -0.15) is 0 Å². The fourth-order valence-electron chi connectivity index (χ4n) is 1.49. The van der Waals surface area contributed by atoms with E-state index in [0.717, 1.165) is 0 Å². The largest absolute Gasteiger partial charge is 0.456 e. The number of nitrogens with zero attached hydrogens (tertiary/aromatic N) is 2. The Morgan fingerprint density at radius 1 is 1.32 bits per heavy atom. The lowest BCUT2D eigenvalue weighted by atomic mass is 10.2. The molecule has 7 heteroatoms. The van der Waals surface area contributed by atoms with Gasteiger partial charge in [0.05, 0.1) is 16.1 Å². The number of halogens is 2. The first-order valence-corrected chi connectivity index (χ1v) is 6.72. The molecular formula is C12H8BrClN2O3. The number of pyridine rings is 1. The molecule has 0 N–H and O–H groups in total. The van der Waals surface area contributed by atoms with Gasteiger partial charge in [-0.1, -0.05) is 27.5 Å². The van der Waals surface area contributed by atoms with Gasteiger partial charge in [0.15, 0.2) is 0 Å². The SMILES string of the molecule is O=[N+]([O-])c1ccc(Oc2cncc(Cl)c2)cc1CBr. The zero-order valence-electron chi connectivity index (χ0n) is 9.55. The Morgan fingerprint density at radius 3 is 2.74 bits per heavy atom. The summed E-state index contributed by atoms with van der Waals surface area (Å²) < 4.78 is 5.55. The molecule has 1 aromatic carbocycles. The highest BCUT2D eigenvalue weighted by molar-refractivity contribution is 9.08. The highest BCUT2D eigenvalue weighted by Gasteiger charge is 2.13. The van der Waals surface area contributed by atoms with Crippen LogP contribution < -0.4 is 4.74 Å². The molecule has 0 radical (unpaired) electrons. The number of benzene rings is 1. The number of nitro groups is 1. The summed E-state index contributed by atoms with van der Waals surface area (Å²) in [5.74, 6) is 0.964. The van der Waals surface area contributed by atoms with Gasteiger partial charge in [-0.15, -0.1) is 0 Å². The molecule has 5 nitrogen and oxygen atoms in total. The summed E-state index contributed by atoms with van der Waals surface area (Å²) >= 11 is 9.01. The fourth-order valence-corrected chi connectivity index (χ4v) is 2.11. The van der Waals surface area contributed by atoms with Gasteiger partial charge >= 0.3 is 0 Å². The van der Waals surface area contributed by atoms with Gasteiger partial charge in [0.2, 0.25) is 0 Å². The van der Waals surface area contributed by atoms with E-state index in [1.54, 1.807) is 12.1 Å². The van der Waals surface area contributed by atoms with E-state index in [2.05, 4.69) is 20.9 Å². The van der Waals surface area contributed by atoms with Gasteiger partial charge in [-0.05, 0) is 12.1 Å². The summed E-state index contributed by atoms with van der Waals surface area (Å²) in [4.78, 5) is 14.3. The van der Waals surface area contributed by atoms with Crippen molar-refractivity contribution in [2.45, 2.75) is 5.33 Å². The van der Waals surface area contributed by atoms with Crippen LogP contribution >= 0.6 is 27.5 Å². The van der Waals surface area contributed by atoms with Crippen LogP contribution in [0.4, 0.5) is 5.69 Å². The van der Waals surface area contributed by atoms with E-state index in [-0.39, 0.29) is 5.69 Å². The van der Waals surface area contributed by atoms with Gasteiger partial charge < -0.3 is 4.74 Å². The Hall–Kier alpha value is -1.66. The van der Waals surface area contributed by atoms with Gasteiger partial charge in [0.25, 0.3) is 5.69 Å². The molecule has 0 amide bonds. The molecule has 0 aliphatic rings. The summed E-state index contributed by atoms with van der Waals surface area (Å²) in [5.41, 5.74) is 0.589. The van der Waals surface area contributed by atoms with Crippen molar-refractivity contribution in [1.82, 2.24) is 4.98 Å². The Kier molecular flexibility index (Phi) is 4.34. The minimum Gasteiger partial charge on any atom is -0.456 e. The standard InChI is InChI=1S/C12H8BrClN2O3/c13-5-8-3-10(1-2-12(8)16(17)18)19-11-4-9(14)6-15-7-11/h1-4,6-7H,5H2. The highest BCUT2D eigenvalue weighted by atomic mass is 79.9. The lowest BCUT2D eigenvalue weighted by Gasteiger charge is -2.07. The molecule has 19 heavy (non-hydrogen) atoms. The van der Waals surface area contributed by atoms with Crippen molar-refractivity contribution in [3.63, 3.8) is 0 Å². The normalized spacial score (nSPS) is 10.2. The fraction of sp³-hybridized carbons (Fsp3) is 0.0833. The third kappa shape index (κ3) is 3.42. The number of ether oxygens (including phenoxy) is 1. The lowest BCUT2D eigenvalue weighted by Crippen LogP contribution is -1.94. The summed E-state index contributed by atoms with van der Waals surface area (Å²) in [6.07, 6.45) is 3.01. The van der Waals surface area contributed by atoms with Crippen LogP contribution in [0.25, 0.3) is 0 Å². The Labute approximate surface area is 122 Å². The van der Waals surface area contributed by atoms with Crippen molar-refractivity contribution in [1.29, 1.82) is 0 Å². The summed E-state index contributed by atoms with van der Waals surface area (Å²) in [6, 6.07) is 6.16. The van der Waals surface area contributed by atoms with Crippen LogP contribution in [0.2, 0.25) is 5.02 Å². The second-order valence-corrected chi connectivity index (χ2v) is 4.62. The molecule has 0 saturated heterocycles. The number of rotatable bonds is 4. The number of hydrogen-bond donors (Lipinski definition) is 0. The highest BCUT2D eigenvalue weighted by Crippen LogP contribution is 2.29. The van der Waals surface area contributed by atoms with Crippen molar-refractivity contribution in [2.75, 3.05) is 0 Å². The van der Waals surface area contributed by atoms with Gasteiger partial charge in [-0.25, -0.2) is 0 Å². The average molecular weight is 344 g/mol. The van der Waals surface area contributed by atoms with Crippen molar-refractivity contribution >= 4 is 33.2 Å². The molecule has 0 saturated carbocycles. The molecular weight excluding hydrogens is 336 g/mol. The molecule has 0 bridgehead atoms. The number of nitro benzene ring substituents is 1. The smallest absolute Gasteiger partial charge is 0.273 e. The quantitative estimate of drug-likeness (QED) is 0.471. The summed E-state index contributed by atoms with van der Waals surface area (Å²) in [5, 5.41) is 11.6. The van der Waals surface area contributed by atoms with Crippen LogP contribution in [0, 0.1) is 10.1 Å². The van der Waals surface area contributed by atoms with E-state index < -0.39 is 4.92 Å².